The monoisotopic (exact) mass is 658 g/mol. The number of aliphatic hydroxyl groups is 12. The third kappa shape index (κ3) is 4.74. The fraction of sp³-hybridized carbons (Fsp3) is 0.400. The molecule has 250 valence electrons. The minimum absolute atomic E-state index is 0.0917. The number of rotatable bonds is 6. The van der Waals surface area contributed by atoms with Crippen molar-refractivity contribution < 1.29 is 84.8 Å². The van der Waals surface area contributed by atoms with Crippen LogP contribution in [-0.4, -0.2) is 130 Å². The Bertz CT molecular complexity index is 1600. The van der Waals surface area contributed by atoms with Gasteiger partial charge in [0, 0.05) is 47.6 Å². The van der Waals surface area contributed by atoms with E-state index in [-0.39, 0.29) is 22.4 Å². The molecule has 5 rings (SSSR count). The molecule has 14 N–H and O–H groups in total. The molecule has 3 aliphatic rings. The average Bonchev–Trinajstić information content (AvgIpc) is 3.25. The van der Waals surface area contributed by atoms with E-state index in [0.29, 0.717) is 4.90 Å². The van der Waals surface area contributed by atoms with Crippen LogP contribution in [-0.2, 0) is 34.0 Å². The molecule has 0 aliphatic carbocycles. The van der Waals surface area contributed by atoms with E-state index < -0.39 is 95.0 Å². The number of ether oxygens (including phenoxy) is 1. The smallest absolute Gasteiger partial charge is 0.356 e. The zero-order valence-corrected chi connectivity index (χ0v) is 22.9. The van der Waals surface area contributed by atoms with Gasteiger partial charge in [0.2, 0.25) is 0 Å². The Morgan fingerprint density at radius 1 is 0.848 bits per heavy atom. The Balaban J connectivity index is 1.39. The molecule has 1 unspecified atom stereocenters. The number of nitrogens with one attached hydrogen (secondary N) is 2. The van der Waals surface area contributed by atoms with Crippen LogP contribution in [0.2, 0.25) is 0 Å². The van der Waals surface area contributed by atoms with Gasteiger partial charge in [-0.1, -0.05) is 24.3 Å². The molecule has 20 nitrogen and oxygen atoms in total. The fourth-order valence-electron chi connectivity index (χ4n) is 5.27. The first-order chi connectivity index (χ1) is 21.0. The van der Waals surface area contributed by atoms with Crippen molar-refractivity contribution in [3.8, 4) is 0 Å². The normalized spacial score (nSPS) is 25.6. The van der Waals surface area contributed by atoms with E-state index in [0.717, 1.165) is 6.07 Å². The van der Waals surface area contributed by atoms with E-state index in [2.05, 4.69) is 10.1 Å². The molecular formula is C25H27FN4O16. The number of imide groups is 1. The van der Waals surface area contributed by atoms with E-state index in [4.69, 9.17) is 0 Å². The van der Waals surface area contributed by atoms with Crippen LogP contribution in [0.15, 0.2) is 36.4 Å². The predicted octanol–water partition coefficient (Wildman–Crippen LogP) is -6.83. The molecule has 2 fully saturated rings. The second-order valence-electron chi connectivity index (χ2n) is 10.8. The fourth-order valence-corrected chi connectivity index (χ4v) is 5.27. The van der Waals surface area contributed by atoms with Crippen LogP contribution in [0.3, 0.4) is 0 Å². The number of nitrogens with zero attached hydrogens (tertiary/aromatic N) is 2. The molecule has 0 saturated carbocycles. The lowest BCUT2D eigenvalue weighted by molar-refractivity contribution is -0.659. The van der Waals surface area contributed by atoms with Crippen LogP contribution in [0, 0.1) is 5.82 Å². The van der Waals surface area contributed by atoms with Gasteiger partial charge in [0.1, 0.15) is 5.82 Å². The van der Waals surface area contributed by atoms with Crippen molar-refractivity contribution in [2.75, 3.05) is 5.32 Å². The van der Waals surface area contributed by atoms with E-state index >= 15 is 4.39 Å². The van der Waals surface area contributed by atoms with Gasteiger partial charge < -0.3 is 71.5 Å². The van der Waals surface area contributed by atoms with E-state index in [1.807, 2.05) is 0 Å². The van der Waals surface area contributed by atoms with Crippen molar-refractivity contribution >= 4 is 23.4 Å². The standard InChI is InChI=1S/C25H27FN4O16/c26-15-10(3-1-4-11(15)8-30-22(38,39)24(42,43)46-25(44,45)23(30,40)41)7-27-14-6-2-5-12-13(14)9-29(18(12)32)16-17(31)28-19(33)21(36,37)20(16,34)35/h1-6,16,27,34-45H,7-9H2,(H,28,31,33). The highest BCUT2D eigenvalue weighted by atomic mass is 19.1. The summed E-state index contributed by atoms with van der Waals surface area (Å²) >= 11 is 0. The van der Waals surface area contributed by atoms with Gasteiger partial charge >= 0.3 is 29.6 Å². The van der Waals surface area contributed by atoms with Crippen LogP contribution in [0.4, 0.5) is 10.1 Å². The number of fused-ring (bicyclic) bond motifs is 1. The van der Waals surface area contributed by atoms with Crippen LogP contribution < -0.4 is 10.6 Å². The number of hydrogen-bond acceptors (Lipinski definition) is 18. The van der Waals surface area contributed by atoms with Crippen LogP contribution in [0.25, 0.3) is 0 Å². The number of halogens is 1. The highest BCUT2D eigenvalue weighted by Gasteiger charge is 2.74. The average molecular weight is 659 g/mol. The van der Waals surface area contributed by atoms with E-state index in [9.17, 15) is 75.7 Å². The van der Waals surface area contributed by atoms with Crippen LogP contribution in [0.1, 0.15) is 27.0 Å². The van der Waals surface area contributed by atoms with Crippen molar-refractivity contribution in [2.45, 2.75) is 61.0 Å². The maximum Gasteiger partial charge on any atom is 0.356 e. The minimum atomic E-state index is -4.24. The molecule has 46 heavy (non-hydrogen) atoms. The second-order valence-corrected chi connectivity index (χ2v) is 10.8. The summed E-state index contributed by atoms with van der Waals surface area (Å²) in [5, 5.41) is 125. The van der Waals surface area contributed by atoms with E-state index in [1.54, 1.807) is 5.32 Å². The highest BCUT2D eigenvalue weighted by Crippen LogP contribution is 2.43. The number of carbonyl (C=O) groups is 3. The molecule has 3 heterocycles. The number of morpholine rings is 1. The maximum absolute atomic E-state index is 15.6. The summed E-state index contributed by atoms with van der Waals surface area (Å²) in [5.74, 6) is -29.9. The lowest BCUT2D eigenvalue weighted by Gasteiger charge is -2.55. The molecule has 2 saturated heterocycles. The molecule has 0 radical (unpaired) electrons. The third-order valence-corrected chi connectivity index (χ3v) is 7.87. The quantitative estimate of drug-likeness (QED) is 0.101. The van der Waals surface area contributed by atoms with Gasteiger partial charge in [-0.25, -0.2) is 4.39 Å². The van der Waals surface area contributed by atoms with Gasteiger partial charge in [0.25, 0.3) is 23.5 Å². The van der Waals surface area contributed by atoms with Gasteiger partial charge in [-0.3, -0.25) is 24.4 Å². The Morgan fingerprint density at radius 3 is 2.02 bits per heavy atom. The number of anilines is 1. The Kier molecular flexibility index (Phi) is 7.56. The molecule has 1 atom stereocenters. The summed E-state index contributed by atoms with van der Waals surface area (Å²) < 4.78 is 19.4. The van der Waals surface area contributed by atoms with Crippen molar-refractivity contribution in [1.29, 1.82) is 0 Å². The Hall–Kier alpha value is -3.78. The molecule has 3 amide bonds. The molecule has 21 heteroatoms. The lowest BCUT2D eigenvalue weighted by atomic mass is 9.90. The number of amides is 3. The predicted molar refractivity (Wildman–Crippen MR) is 137 cm³/mol. The molecular weight excluding hydrogens is 631 g/mol. The first-order valence-electron chi connectivity index (χ1n) is 12.9. The number of piperidine rings is 1. The van der Waals surface area contributed by atoms with Gasteiger partial charge in [-0.15, -0.1) is 0 Å². The van der Waals surface area contributed by atoms with Gasteiger partial charge in [0.05, 0.1) is 0 Å². The zero-order chi connectivity index (χ0) is 34.4. The Morgan fingerprint density at radius 2 is 1.41 bits per heavy atom. The third-order valence-electron chi connectivity index (χ3n) is 7.87. The summed E-state index contributed by atoms with van der Waals surface area (Å²) in [7, 11) is 0. The Labute approximate surface area is 254 Å². The largest absolute Gasteiger partial charge is 0.381 e. The molecule has 3 aliphatic heterocycles. The second kappa shape index (κ2) is 10.4. The molecule has 2 aromatic rings. The number of hydrogen-bond donors (Lipinski definition) is 14. The molecule has 0 spiro atoms. The van der Waals surface area contributed by atoms with Crippen LogP contribution >= 0.6 is 0 Å². The SMILES string of the molecule is O=C1NC(=O)C(O)(O)C(O)(O)C1N1Cc2c(NCc3cccc(CN4C(O)(O)C(O)(O)OC(O)(O)C4(O)O)c3F)cccc2C1=O. The summed E-state index contributed by atoms with van der Waals surface area (Å²) in [6.07, 6.45) is 0. The topological polar surface area (TPSA) is 334 Å². The van der Waals surface area contributed by atoms with Crippen molar-refractivity contribution in [2.24, 2.45) is 0 Å². The summed E-state index contributed by atoms with van der Waals surface area (Å²) in [6, 6.07) is 5.10. The van der Waals surface area contributed by atoms with Crippen molar-refractivity contribution in [3.05, 3.63) is 64.5 Å². The van der Waals surface area contributed by atoms with Gasteiger partial charge in [-0.2, -0.15) is 4.90 Å². The lowest BCUT2D eigenvalue weighted by Crippen LogP contribution is -2.83. The molecule has 2 aromatic carbocycles. The summed E-state index contributed by atoms with van der Waals surface area (Å²) in [5.41, 5.74) is -0.620. The number of carbonyl (C=O) groups excluding carboxylic acids is 3. The van der Waals surface area contributed by atoms with Crippen LogP contribution in [0.5, 0.6) is 0 Å². The van der Waals surface area contributed by atoms with E-state index in [1.165, 1.54) is 30.3 Å². The molecule has 0 aromatic heterocycles. The molecule has 0 bridgehead atoms. The minimum Gasteiger partial charge on any atom is -0.381 e. The first-order valence-corrected chi connectivity index (χ1v) is 12.9. The summed E-state index contributed by atoms with van der Waals surface area (Å²) in [4.78, 5) is 37.5. The number of benzene rings is 2. The highest BCUT2D eigenvalue weighted by molar-refractivity contribution is 6.08. The van der Waals surface area contributed by atoms with Crippen molar-refractivity contribution in [3.63, 3.8) is 0 Å². The van der Waals surface area contributed by atoms with Gasteiger partial charge in [0.15, 0.2) is 6.04 Å². The first kappa shape index (κ1) is 33.6. The van der Waals surface area contributed by atoms with Crippen molar-refractivity contribution in [1.82, 2.24) is 15.1 Å². The van der Waals surface area contributed by atoms with Gasteiger partial charge in [-0.05, 0) is 12.1 Å². The maximum atomic E-state index is 15.6. The summed E-state index contributed by atoms with van der Waals surface area (Å²) in [6.45, 7) is -2.26. The zero-order valence-electron chi connectivity index (χ0n) is 22.9.